The lowest BCUT2D eigenvalue weighted by molar-refractivity contribution is -0.143. The van der Waals surface area contributed by atoms with Crippen LogP contribution in [0.2, 0.25) is 0 Å². The largest absolute Gasteiger partial charge is 0.481 e. The summed E-state index contributed by atoms with van der Waals surface area (Å²) in [5.74, 6) is -12.0. The van der Waals surface area contributed by atoms with Gasteiger partial charge in [0.1, 0.15) is 54.4 Å². The molecule has 1 aliphatic rings. The number of likely N-dealkylation sites (tertiary alicyclic amines) is 1. The SMILES string of the molecule is CC(C)C[C@H](NC(=O)[C@H](Cc1cnc[nH]1)NC(=O)[C@@H]1CCCN1C(=O)[C@@H](N)CCCCN)C(=O)N[C@@H](C)C(=O)N[C@@H](CCC(N)=O)C(=O)N[C@@H](CO)C(=O)N[C@@H](CC(C)C)C(=O)N[C@@H](CCC(=O)O)C(=O)N[C@@H](CCCCN)C(=O)O. The summed E-state index contributed by atoms with van der Waals surface area (Å²) in [6.07, 6.45) is 3.96. The number of H-pyrrole nitrogens is 1. The van der Waals surface area contributed by atoms with Crippen molar-refractivity contribution >= 4 is 71.0 Å². The Kier molecular flexibility index (Phi) is 31.1. The second-order valence-corrected chi connectivity index (χ2v) is 21.0. The van der Waals surface area contributed by atoms with E-state index in [-0.39, 0.29) is 50.6 Å². The average molecular weight is 1150 g/mol. The summed E-state index contributed by atoms with van der Waals surface area (Å²) < 4.78 is 0. The van der Waals surface area contributed by atoms with Gasteiger partial charge in [-0.2, -0.15) is 0 Å². The van der Waals surface area contributed by atoms with E-state index in [2.05, 4.69) is 52.5 Å². The van der Waals surface area contributed by atoms with Crippen molar-refractivity contribution in [2.45, 2.75) is 191 Å². The summed E-state index contributed by atoms with van der Waals surface area (Å²) in [4.78, 5) is 167. The normalized spacial score (nSPS) is 16.5. The quantitative estimate of drug-likeness (QED) is 0.0278. The molecule has 2 rings (SSSR count). The van der Waals surface area contributed by atoms with Crippen LogP contribution in [0.5, 0.6) is 0 Å². The Morgan fingerprint density at radius 3 is 1.60 bits per heavy atom. The minimum absolute atomic E-state index is 0.0125. The van der Waals surface area contributed by atoms with Crippen LogP contribution in [-0.4, -0.2) is 188 Å². The van der Waals surface area contributed by atoms with Gasteiger partial charge in [0.25, 0.3) is 0 Å². The smallest absolute Gasteiger partial charge is 0.326 e. The van der Waals surface area contributed by atoms with Crippen LogP contribution in [0.15, 0.2) is 12.5 Å². The van der Waals surface area contributed by atoms with Gasteiger partial charge in [-0.1, -0.05) is 34.1 Å². The van der Waals surface area contributed by atoms with E-state index in [0.717, 1.165) is 0 Å². The number of aromatic nitrogens is 2. The van der Waals surface area contributed by atoms with Crippen molar-refractivity contribution in [2.24, 2.45) is 34.8 Å². The third kappa shape index (κ3) is 25.4. The minimum atomic E-state index is -1.81. The molecule has 0 aromatic carbocycles. The summed E-state index contributed by atoms with van der Waals surface area (Å²) in [6, 6.07) is -13.7. The zero-order valence-electron chi connectivity index (χ0n) is 47.0. The van der Waals surface area contributed by atoms with Gasteiger partial charge in [0.2, 0.25) is 59.1 Å². The standard InChI is InChI=1S/C51H87N15O15/c1-27(2)21-35(62-47(76)37(23-30-24-56-26-57-30)64-49(78)39-13-10-20-66(39)50(79)31(54)11-6-8-18-52)45(74)58-29(5)42(71)59-32(14-16-40(55)68)44(73)65-38(25-67)48(77)63-36(22-28(3)4)46(75)60-33(15-17-41(69)70)43(72)61-34(51(80)81)12-7-9-19-53/h24,26-29,31-39,67H,6-23,25,52-54H2,1-5H3,(H2,55,68)(H,56,57)(H,58,74)(H,59,71)(H,60,75)(H,61,72)(H,62,76)(H,63,77)(H,64,78)(H,65,73)(H,69,70)(H,80,81)/t29-,31-,32-,33-,34-,35-,36-,37-,38-,39-/m0/s1. The predicted molar refractivity (Wildman–Crippen MR) is 291 cm³/mol. The lowest BCUT2D eigenvalue weighted by Gasteiger charge is -2.29. The number of nitrogens with two attached hydrogens (primary N) is 4. The summed E-state index contributed by atoms with van der Waals surface area (Å²) in [5.41, 5.74) is 23.1. The van der Waals surface area contributed by atoms with E-state index in [0.29, 0.717) is 57.2 Å². The number of carboxylic acids is 2. The molecule has 1 aromatic heterocycles. The first-order valence-corrected chi connectivity index (χ1v) is 27.4. The van der Waals surface area contributed by atoms with Crippen LogP contribution in [0.4, 0.5) is 0 Å². The Morgan fingerprint density at radius 1 is 0.617 bits per heavy atom. The molecule has 2 heterocycles. The Hall–Kier alpha value is -7.31. The number of carbonyl (C=O) groups excluding carboxylic acids is 10. The number of rotatable bonds is 39. The number of aliphatic carboxylic acids is 2. The maximum absolute atomic E-state index is 14.1. The molecule has 0 bridgehead atoms. The van der Waals surface area contributed by atoms with Crippen molar-refractivity contribution in [1.82, 2.24) is 57.4 Å². The molecule has 0 saturated carbocycles. The van der Waals surface area contributed by atoms with Crippen molar-refractivity contribution in [2.75, 3.05) is 26.2 Å². The van der Waals surface area contributed by atoms with E-state index in [1.807, 2.05) is 0 Å². The number of carbonyl (C=O) groups is 12. The molecule has 20 N–H and O–H groups in total. The van der Waals surface area contributed by atoms with Gasteiger partial charge in [-0.15, -0.1) is 0 Å². The van der Waals surface area contributed by atoms with Gasteiger partial charge in [-0.3, -0.25) is 52.7 Å². The van der Waals surface area contributed by atoms with Crippen LogP contribution >= 0.6 is 0 Å². The Balaban J connectivity index is 2.28. The molecule has 0 spiro atoms. The fourth-order valence-corrected chi connectivity index (χ4v) is 8.72. The van der Waals surface area contributed by atoms with Crippen molar-refractivity contribution in [3.8, 4) is 0 Å². The first kappa shape index (κ1) is 69.8. The first-order valence-electron chi connectivity index (χ1n) is 27.4. The lowest BCUT2D eigenvalue weighted by atomic mass is 10.0. The molecule has 0 radical (unpaired) electrons. The summed E-state index contributed by atoms with van der Waals surface area (Å²) >= 11 is 0. The number of aliphatic hydroxyl groups is 1. The molecular formula is C51H87N15O15. The highest BCUT2D eigenvalue weighted by Gasteiger charge is 2.39. The number of amides is 10. The zero-order chi connectivity index (χ0) is 60.9. The zero-order valence-corrected chi connectivity index (χ0v) is 47.0. The van der Waals surface area contributed by atoms with E-state index in [4.69, 9.17) is 22.9 Å². The molecule has 0 aliphatic carbocycles. The maximum atomic E-state index is 14.1. The second kappa shape index (κ2) is 36.1. The third-order valence-electron chi connectivity index (χ3n) is 13.1. The molecule has 81 heavy (non-hydrogen) atoms. The Labute approximate surface area is 470 Å². The highest BCUT2D eigenvalue weighted by atomic mass is 16.4. The van der Waals surface area contributed by atoms with E-state index < -0.39 is 164 Å². The highest BCUT2D eigenvalue weighted by molar-refractivity contribution is 5.99. The molecule has 1 fully saturated rings. The molecule has 30 heteroatoms. The fraction of sp³-hybridized carbons (Fsp3) is 0.706. The van der Waals surface area contributed by atoms with E-state index in [1.165, 1.54) is 24.3 Å². The number of aromatic amines is 1. The number of primary amides is 1. The molecule has 456 valence electrons. The van der Waals surface area contributed by atoms with Crippen molar-refractivity contribution in [3.05, 3.63) is 18.2 Å². The topological polar surface area (TPSA) is 498 Å². The number of hydrogen-bond donors (Lipinski definition) is 16. The Morgan fingerprint density at radius 2 is 1.10 bits per heavy atom. The fourth-order valence-electron chi connectivity index (χ4n) is 8.72. The van der Waals surface area contributed by atoms with Crippen LogP contribution in [0.3, 0.4) is 0 Å². The van der Waals surface area contributed by atoms with E-state index in [9.17, 15) is 72.9 Å². The van der Waals surface area contributed by atoms with Crippen LogP contribution in [0, 0.1) is 11.8 Å². The number of aliphatic hydroxyl groups excluding tert-OH is 1. The number of nitrogens with one attached hydrogen (secondary N) is 9. The maximum Gasteiger partial charge on any atom is 0.326 e. The predicted octanol–water partition coefficient (Wildman–Crippen LogP) is -4.27. The lowest BCUT2D eigenvalue weighted by Crippen LogP contribution is -2.61. The summed E-state index contributed by atoms with van der Waals surface area (Å²) in [5, 5.41) is 49.0. The van der Waals surface area contributed by atoms with Crippen molar-refractivity contribution in [1.29, 1.82) is 0 Å². The van der Waals surface area contributed by atoms with Crippen LogP contribution in [-0.2, 0) is 64.0 Å². The van der Waals surface area contributed by atoms with Crippen LogP contribution < -0.4 is 65.5 Å². The minimum Gasteiger partial charge on any atom is -0.481 e. The van der Waals surface area contributed by atoms with Gasteiger partial charge in [0.15, 0.2) is 0 Å². The number of carboxylic acid groups (broad SMARTS) is 2. The average Bonchev–Trinajstić information content (AvgIpc) is 4.19. The van der Waals surface area contributed by atoms with Gasteiger partial charge in [-0.25, -0.2) is 9.78 Å². The molecule has 10 atom stereocenters. The van der Waals surface area contributed by atoms with Gasteiger partial charge in [0, 0.05) is 37.7 Å². The number of hydrogen-bond acceptors (Lipinski definition) is 17. The van der Waals surface area contributed by atoms with E-state index in [1.54, 1.807) is 27.7 Å². The molecule has 1 aliphatic heterocycles. The van der Waals surface area contributed by atoms with Crippen LogP contribution in [0.1, 0.15) is 130 Å². The summed E-state index contributed by atoms with van der Waals surface area (Å²) in [6.45, 7) is 8.09. The molecular weight excluding hydrogens is 1060 g/mol. The summed E-state index contributed by atoms with van der Waals surface area (Å²) in [7, 11) is 0. The molecule has 1 aromatic rings. The number of nitrogens with zero attached hydrogens (tertiary/aromatic N) is 2. The van der Waals surface area contributed by atoms with Crippen molar-refractivity contribution < 1.29 is 72.9 Å². The first-order chi connectivity index (χ1) is 38.2. The second-order valence-electron chi connectivity index (χ2n) is 21.0. The van der Waals surface area contributed by atoms with Gasteiger partial charge in [-0.05, 0) is 102 Å². The number of imidazole rings is 1. The van der Waals surface area contributed by atoms with Gasteiger partial charge < -0.3 is 90.7 Å². The number of unbranched alkanes of at least 4 members (excludes halogenated alkanes) is 2. The molecule has 10 amide bonds. The van der Waals surface area contributed by atoms with Crippen LogP contribution in [0.25, 0.3) is 0 Å². The van der Waals surface area contributed by atoms with Gasteiger partial charge in [0.05, 0.1) is 19.0 Å². The molecule has 0 unspecified atom stereocenters. The third-order valence-corrected chi connectivity index (χ3v) is 13.1. The monoisotopic (exact) mass is 1150 g/mol. The molecule has 1 saturated heterocycles. The molecule has 30 nitrogen and oxygen atoms in total. The Bertz CT molecular complexity index is 2270. The highest BCUT2D eigenvalue weighted by Crippen LogP contribution is 2.20. The van der Waals surface area contributed by atoms with E-state index >= 15 is 0 Å². The van der Waals surface area contributed by atoms with Gasteiger partial charge >= 0.3 is 11.9 Å². The van der Waals surface area contributed by atoms with Crippen molar-refractivity contribution in [3.63, 3.8) is 0 Å².